The first-order chi connectivity index (χ1) is 19.0. The molecule has 0 aliphatic carbocycles. The lowest BCUT2D eigenvalue weighted by molar-refractivity contribution is -0.155. The molecule has 0 saturated carbocycles. The number of halogens is 1. The fourth-order valence-electron chi connectivity index (χ4n) is 4.09. The Bertz CT molecular complexity index is 1200. The van der Waals surface area contributed by atoms with Gasteiger partial charge in [-0.3, -0.25) is 14.4 Å². The van der Waals surface area contributed by atoms with Crippen molar-refractivity contribution in [3.05, 3.63) is 47.8 Å². The first-order valence-corrected chi connectivity index (χ1v) is 13.8. The van der Waals surface area contributed by atoms with Crippen LogP contribution in [0.4, 0.5) is 4.79 Å². The summed E-state index contributed by atoms with van der Waals surface area (Å²) >= 11 is 6.04. The van der Waals surface area contributed by atoms with E-state index < -0.39 is 29.6 Å². The summed E-state index contributed by atoms with van der Waals surface area (Å²) < 4.78 is 10.4. The van der Waals surface area contributed by atoms with Crippen molar-refractivity contribution in [2.45, 2.75) is 58.1 Å². The second-order valence-electron chi connectivity index (χ2n) is 10.2. The Morgan fingerprint density at radius 1 is 1.02 bits per heavy atom. The molecule has 1 fully saturated rings. The van der Waals surface area contributed by atoms with Crippen molar-refractivity contribution in [3.8, 4) is 11.4 Å². The lowest BCUT2D eigenvalue weighted by Gasteiger charge is -2.36. The summed E-state index contributed by atoms with van der Waals surface area (Å²) in [6.07, 6.45) is -0.489. The number of hydrogen-bond acceptors (Lipinski definition) is 8. The van der Waals surface area contributed by atoms with Crippen molar-refractivity contribution < 1.29 is 28.7 Å². The highest BCUT2D eigenvalue weighted by molar-refractivity contribution is 6.17. The van der Waals surface area contributed by atoms with Crippen LogP contribution in [0.2, 0.25) is 0 Å². The van der Waals surface area contributed by atoms with Crippen molar-refractivity contribution >= 4 is 35.5 Å². The first-order valence-electron chi connectivity index (χ1n) is 13.2. The van der Waals surface area contributed by atoms with E-state index in [1.54, 1.807) is 32.6 Å². The Hall–Kier alpha value is -3.73. The van der Waals surface area contributed by atoms with Crippen LogP contribution < -0.4 is 5.32 Å². The molecule has 3 rings (SSSR count). The number of nitrogens with one attached hydrogen (secondary N) is 1. The second-order valence-corrected chi connectivity index (χ2v) is 10.5. The molecule has 1 unspecified atom stereocenters. The molecule has 1 aromatic carbocycles. The predicted molar refractivity (Wildman–Crippen MR) is 149 cm³/mol. The molecular formula is C28H36ClN5O6. The van der Waals surface area contributed by atoms with E-state index in [1.807, 2.05) is 30.3 Å². The maximum absolute atomic E-state index is 13.5. The van der Waals surface area contributed by atoms with Gasteiger partial charge in [0.2, 0.25) is 5.91 Å². The van der Waals surface area contributed by atoms with E-state index in [-0.39, 0.29) is 50.0 Å². The molecule has 1 saturated heterocycles. The number of benzene rings is 1. The fraction of sp³-hybridized carbons (Fsp3) is 0.500. The van der Waals surface area contributed by atoms with Gasteiger partial charge in [0, 0.05) is 38.2 Å². The minimum absolute atomic E-state index is 0.0244. The normalized spacial score (nSPS) is 14.3. The van der Waals surface area contributed by atoms with Gasteiger partial charge in [0.25, 0.3) is 5.91 Å². The molecule has 40 heavy (non-hydrogen) atoms. The number of ether oxygens (including phenoxy) is 2. The average molecular weight is 574 g/mol. The minimum Gasteiger partial charge on any atom is -0.460 e. The number of carbonyl (C=O) groups is 4. The van der Waals surface area contributed by atoms with Crippen LogP contribution in [0.3, 0.4) is 0 Å². The molecule has 1 aromatic heterocycles. The Morgan fingerprint density at radius 2 is 1.68 bits per heavy atom. The Balaban J connectivity index is 1.79. The van der Waals surface area contributed by atoms with Crippen LogP contribution >= 0.6 is 11.6 Å². The summed E-state index contributed by atoms with van der Waals surface area (Å²) in [6, 6.07) is 9.61. The summed E-state index contributed by atoms with van der Waals surface area (Å²) in [4.78, 5) is 63.3. The van der Waals surface area contributed by atoms with Crippen LogP contribution in [0.1, 0.15) is 56.7 Å². The number of piperazine rings is 1. The molecular weight excluding hydrogens is 538 g/mol. The highest BCUT2D eigenvalue weighted by atomic mass is 35.5. The summed E-state index contributed by atoms with van der Waals surface area (Å²) in [5.74, 6) is -1.05. The Kier molecular flexibility index (Phi) is 10.8. The number of amides is 3. The number of hydrogen-bond donors (Lipinski definition) is 1. The molecule has 12 heteroatoms. The molecule has 1 N–H and O–H groups in total. The van der Waals surface area contributed by atoms with E-state index in [0.29, 0.717) is 30.2 Å². The topological polar surface area (TPSA) is 131 Å². The zero-order valence-corrected chi connectivity index (χ0v) is 24.1. The van der Waals surface area contributed by atoms with Crippen LogP contribution in [-0.2, 0) is 24.9 Å². The molecule has 2 heterocycles. The third-order valence-electron chi connectivity index (χ3n) is 5.96. The second kappa shape index (κ2) is 14.1. The number of carbonyl (C=O) groups excluding carboxylic acids is 4. The van der Waals surface area contributed by atoms with E-state index in [1.165, 1.54) is 11.0 Å². The number of alkyl halides is 1. The van der Waals surface area contributed by atoms with Crippen LogP contribution in [0.15, 0.2) is 36.4 Å². The van der Waals surface area contributed by atoms with Crippen molar-refractivity contribution in [2.75, 3.05) is 32.8 Å². The zero-order valence-electron chi connectivity index (χ0n) is 23.3. The van der Waals surface area contributed by atoms with Crippen molar-refractivity contribution in [2.24, 2.45) is 0 Å². The highest BCUT2D eigenvalue weighted by Gasteiger charge is 2.32. The van der Waals surface area contributed by atoms with Gasteiger partial charge in [0.05, 0.1) is 18.2 Å². The molecule has 0 radical (unpaired) electrons. The van der Waals surface area contributed by atoms with Crippen molar-refractivity contribution in [1.29, 1.82) is 0 Å². The molecule has 0 bridgehead atoms. The molecule has 3 amide bonds. The van der Waals surface area contributed by atoms with Gasteiger partial charge in [-0.25, -0.2) is 14.8 Å². The van der Waals surface area contributed by atoms with Crippen LogP contribution in [0, 0.1) is 0 Å². The van der Waals surface area contributed by atoms with Crippen LogP contribution in [0.25, 0.3) is 11.4 Å². The van der Waals surface area contributed by atoms with Gasteiger partial charge < -0.3 is 24.6 Å². The van der Waals surface area contributed by atoms with Gasteiger partial charge in [0.15, 0.2) is 5.82 Å². The quantitative estimate of drug-likeness (QED) is 0.357. The average Bonchev–Trinajstić information content (AvgIpc) is 2.94. The van der Waals surface area contributed by atoms with Gasteiger partial charge in [-0.05, 0) is 40.2 Å². The highest BCUT2D eigenvalue weighted by Crippen LogP contribution is 2.18. The van der Waals surface area contributed by atoms with E-state index >= 15 is 0 Å². The number of nitrogens with zero attached hydrogens (tertiary/aromatic N) is 4. The van der Waals surface area contributed by atoms with E-state index in [9.17, 15) is 19.2 Å². The molecule has 1 aliphatic heterocycles. The van der Waals surface area contributed by atoms with Gasteiger partial charge in [-0.1, -0.05) is 30.3 Å². The fourth-order valence-corrected chi connectivity index (χ4v) is 4.22. The van der Waals surface area contributed by atoms with Gasteiger partial charge in [0.1, 0.15) is 17.3 Å². The molecule has 1 atom stereocenters. The molecule has 1 aliphatic rings. The monoisotopic (exact) mass is 573 g/mol. The molecule has 216 valence electrons. The summed E-state index contributed by atoms with van der Waals surface area (Å²) in [5.41, 5.74) is 0.523. The summed E-state index contributed by atoms with van der Waals surface area (Å²) in [6.45, 7) is 8.37. The third-order valence-corrected chi connectivity index (χ3v) is 6.23. The SMILES string of the molecule is CCOC(=O)N1CCN(C(=O)C(CCC(=O)OC(C)(C)C)NC(=O)c2cc(CCl)nc(-c3ccccc3)n2)CC1. The van der Waals surface area contributed by atoms with Gasteiger partial charge >= 0.3 is 12.1 Å². The van der Waals surface area contributed by atoms with Crippen LogP contribution in [-0.4, -0.2) is 88.1 Å². The molecule has 2 aromatic rings. The first kappa shape index (κ1) is 30.8. The van der Waals surface area contributed by atoms with Gasteiger partial charge in [-0.15, -0.1) is 11.6 Å². The Labute approximate surface area is 239 Å². The van der Waals surface area contributed by atoms with E-state index in [2.05, 4.69) is 15.3 Å². The molecule has 0 spiro atoms. The van der Waals surface area contributed by atoms with Crippen molar-refractivity contribution in [1.82, 2.24) is 25.1 Å². The van der Waals surface area contributed by atoms with E-state index in [0.717, 1.165) is 0 Å². The minimum atomic E-state index is -1.02. The van der Waals surface area contributed by atoms with Gasteiger partial charge in [-0.2, -0.15) is 0 Å². The predicted octanol–water partition coefficient (Wildman–Crippen LogP) is 3.40. The van der Waals surface area contributed by atoms with Crippen LogP contribution in [0.5, 0.6) is 0 Å². The Morgan fingerprint density at radius 3 is 2.27 bits per heavy atom. The third kappa shape index (κ3) is 8.90. The van der Waals surface area contributed by atoms with Crippen molar-refractivity contribution in [3.63, 3.8) is 0 Å². The number of aromatic nitrogens is 2. The zero-order chi connectivity index (χ0) is 29.3. The maximum atomic E-state index is 13.5. The maximum Gasteiger partial charge on any atom is 0.409 e. The summed E-state index contributed by atoms with van der Waals surface area (Å²) in [7, 11) is 0. The molecule has 11 nitrogen and oxygen atoms in total. The lowest BCUT2D eigenvalue weighted by Crippen LogP contribution is -2.56. The number of rotatable bonds is 9. The summed E-state index contributed by atoms with van der Waals surface area (Å²) in [5, 5.41) is 2.76. The lowest BCUT2D eigenvalue weighted by atomic mass is 10.1. The van der Waals surface area contributed by atoms with E-state index in [4.69, 9.17) is 21.1 Å². The largest absolute Gasteiger partial charge is 0.460 e. The standard InChI is InChI=1S/C28H36ClN5O6/c1-5-39-27(38)34-15-13-33(14-16-34)26(37)21(11-12-23(35)40-28(2,3)4)32-25(36)22-17-20(18-29)30-24(31-22)19-9-7-6-8-10-19/h6-10,17,21H,5,11-16,18H2,1-4H3,(H,32,36). The number of esters is 1. The smallest absolute Gasteiger partial charge is 0.409 e.